The van der Waals surface area contributed by atoms with E-state index < -0.39 is 0 Å². The molecule has 0 saturated heterocycles. The average molecular weight is 164 g/mol. The molecule has 3 saturated carbocycles. The van der Waals surface area contributed by atoms with Gasteiger partial charge in [0.1, 0.15) is 11.6 Å². The van der Waals surface area contributed by atoms with Crippen molar-refractivity contribution >= 4 is 11.6 Å². The number of fused-ring (bicyclic) bond motifs is 4. The third-order valence-electron chi connectivity index (χ3n) is 4.04. The number of hydrogen-bond acceptors (Lipinski definition) is 2. The van der Waals surface area contributed by atoms with Gasteiger partial charge in [-0.2, -0.15) is 0 Å². The summed E-state index contributed by atoms with van der Waals surface area (Å²) in [6.45, 7) is 0. The van der Waals surface area contributed by atoms with Crippen LogP contribution in [0.25, 0.3) is 0 Å². The smallest absolute Gasteiger partial charge is 0.136 e. The highest BCUT2D eigenvalue weighted by Gasteiger charge is 2.60. The van der Waals surface area contributed by atoms with E-state index >= 15 is 0 Å². The predicted molar refractivity (Wildman–Crippen MR) is 42.4 cm³/mol. The van der Waals surface area contributed by atoms with Crippen LogP contribution >= 0.6 is 0 Å². The molecule has 0 aromatic carbocycles. The van der Waals surface area contributed by atoms with Crippen LogP contribution in [0.5, 0.6) is 0 Å². The lowest BCUT2D eigenvalue weighted by Crippen LogP contribution is -2.45. The number of rotatable bonds is 0. The largest absolute Gasteiger partial charge is 0.299 e. The molecular weight excluding hydrogens is 152 g/mol. The Kier molecular flexibility index (Phi) is 1.12. The molecule has 3 aliphatic carbocycles. The minimum Gasteiger partial charge on any atom is -0.299 e. The normalized spacial score (nSPS) is 50.3. The van der Waals surface area contributed by atoms with Gasteiger partial charge in [0, 0.05) is 24.7 Å². The molecule has 3 rings (SSSR count). The third kappa shape index (κ3) is 0.584. The summed E-state index contributed by atoms with van der Waals surface area (Å²) in [6, 6.07) is 0. The second kappa shape index (κ2) is 1.98. The fourth-order valence-corrected chi connectivity index (χ4v) is 3.56. The van der Waals surface area contributed by atoms with Crippen LogP contribution in [0.15, 0.2) is 0 Å². The Morgan fingerprint density at radius 3 is 1.67 bits per heavy atom. The third-order valence-corrected chi connectivity index (χ3v) is 4.04. The summed E-state index contributed by atoms with van der Waals surface area (Å²) in [5.74, 6) is 2.43. The number of Topliss-reactive ketones (excluding diaryl/α,β-unsaturated/α-hetero) is 2. The summed E-state index contributed by atoms with van der Waals surface area (Å²) < 4.78 is 0. The molecule has 0 heterocycles. The highest BCUT2D eigenvalue weighted by atomic mass is 16.1. The molecule has 0 aromatic heterocycles. The van der Waals surface area contributed by atoms with E-state index in [0.717, 1.165) is 25.7 Å². The van der Waals surface area contributed by atoms with E-state index in [1.807, 2.05) is 0 Å². The molecule has 0 spiro atoms. The molecule has 0 aliphatic heterocycles. The van der Waals surface area contributed by atoms with Gasteiger partial charge in [-0.05, 0) is 24.7 Å². The predicted octanol–water partition coefficient (Wildman–Crippen LogP) is 1.19. The first-order valence-corrected chi connectivity index (χ1v) is 4.84. The maximum Gasteiger partial charge on any atom is 0.136 e. The zero-order valence-electron chi connectivity index (χ0n) is 6.95. The van der Waals surface area contributed by atoms with Crippen molar-refractivity contribution in [1.29, 1.82) is 0 Å². The summed E-state index contributed by atoms with van der Waals surface area (Å²) in [5.41, 5.74) is 0. The van der Waals surface area contributed by atoms with E-state index in [0.29, 0.717) is 35.2 Å². The van der Waals surface area contributed by atoms with Crippen molar-refractivity contribution in [1.82, 2.24) is 0 Å². The van der Waals surface area contributed by atoms with E-state index in [4.69, 9.17) is 0 Å². The second-order valence-electron chi connectivity index (χ2n) is 4.39. The Labute approximate surface area is 71.3 Å². The topological polar surface area (TPSA) is 34.1 Å². The van der Waals surface area contributed by atoms with E-state index in [9.17, 15) is 9.59 Å². The maximum absolute atomic E-state index is 11.4. The SMILES string of the molecule is O=C1CCC2C1C1CCC(=O)C21. The highest BCUT2D eigenvalue weighted by molar-refractivity contribution is 5.92. The number of carbonyl (C=O) groups excluding carboxylic acids is 2. The monoisotopic (exact) mass is 164 g/mol. The van der Waals surface area contributed by atoms with Crippen LogP contribution in [0, 0.1) is 23.7 Å². The Hall–Kier alpha value is -0.660. The van der Waals surface area contributed by atoms with Gasteiger partial charge < -0.3 is 0 Å². The molecule has 3 fully saturated rings. The van der Waals surface area contributed by atoms with Gasteiger partial charge in [0.05, 0.1) is 0 Å². The number of carbonyl (C=O) groups is 2. The van der Waals surface area contributed by atoms with E-state index in [1.165, 1.54) is 0 Å². The van der Waals surface area contributed by atoms with Crippen molar-refractivity contribution in [3.63, 3.8) is 0 Å². The Balaban J connectivity index is 1.92. The van der Waals surface area contributed by atoms with Crippen molar-refractivity contribution in [2.75, 3.05) is 0 Å². The first-order chi connectivity index (χ1) is 5.79. The van der Waals surface area contributed by atoms with Crippen molar-refractivity contribution in [2.45, 2.75) is 25.7 Å². The van der Waals surface area contributed by atoms with Gasteiger partial charge in [0.25, 0.3) is 0 Å². The molecular formula is C10H12O2. The first kappa shape index (κ1) is 6.81. The number of hydrogen-bond donors (Lipinski definition) is 0. The van der Waals surface area contributed by atoms with E-state index in [1.54, 1.807) is 0 Å². The van der Waals surface area contributed by atoms with Gasteiger partial charge in [0.2, 0.25) is 0 Å². The minimum absolute atomic E-state index is 0.307. The molecule has 2 heteroatoms. The summed E-state index contributed by atoms with van der Waals surface area (Å²) in [4.78, 5) is 22.7. The fourth-order valence-electron chi connectivity index (χ4n) is 3.56. The molecule has 0 N–H and O–H groups in total. The van der Waals surface area contributed by atoms with Crippen molar-refractivity contribution in [3.05, 3.63) is 0 Å². The van der Waals surface area contributed by atoms with Gasteiger partial charge in [0.15, 0.2) is 0 Å². The molecule has 0 atom stereocenters. The number of ketones is 2. The maximum atomic E-state index is 11.4. The van der Waals surface area contributed by atoms with Crippen molar-refractivity contribution in [2.24, 2.45) is 23.7 Å². The summed E-state index contributed by atoms with van der Waals surface area (Å²) >= 11 is 0. The van der Waals surface area contributed by atoms with E-state index in [-0.39, 0.29) is 0 Å². The van der Waals surface area contributed by atoms with Crippen LogP contribution in [0.2, 0.25) is 0 Å². The molecule has 0 radical (unpaired) electrons. The lowest BCUT2D eigenvalue weighted by atomic mass is 9.59. The van der Waals surface area contributed by atoms with Gasteiger partial charge in [-0.15, -0.1) is 0 Å². The van der Waals surface area contributed by atoms with Gasteiger partial charge in [-0.1, -0.05) is 0 Å². The lowest BCUT2D eigenvalue weighted by molar-refractivity contribution is -0.135. The minimum atomic E-state index is 0.307. The van der Waals surface area contributed by atoms with Crippen LogP contribution in [0.1, 0.15) is 25.7 Å². The Morgan fingerprint density at radius 2 is 1.25 bits per heavy atom. The summed E-state index contributed by atoms with van der Waals surface area (Å²) in [7, 11) is 0. The van der Waals surface area contributed by atoms with Crippen LogP contribution in [0.3, 0.4) is 0 Å². The fraction of sp³-hybridized carbons (Fsp3) is 0.800. The summed E-state index contributed by atoms with van der Waals surface area (Å²) in [5, 5.41) is 0. The molecule has 0 unspecified atom stereocenters. The molecule has 0 aromatic rings. The van der Waals surface area contributed by atoms with Gasteiger partial charge >= 0.3 is 0 Å². The summed E-state index contributed by atoms with van der Waals surface area (Å²) in [6.07, 6.45) is 3.48. The van der Waals surface area contributed by atoms with Crippen LogP contribution < -0.4 is 0 Å². The Morgan fingerprint density at radius 1 is 0.833 bits per heavy atom. The zero-order chi connectivity index (χ0) is 8.29. The second-order valence-corrected chi connectivity index (χ2v) is 4.39. The average Bonchev–Trinajstić information content (AvgIpc) is 2.41. The van der Waals surface area contributed by atoms with E-state index in [2.05, 4.69) is 0 Å². The molecule has 0 amide bonds. The van der Waals surface area contributed by atoms with Crippen LogP contribution in [-0.4, -0.2) is 11.6 Å². The van der Waals surface area contributed by atoms with Gasteiger partial charge in [-0.3, -0.25) is 9.59 Å². The van der Waals surface area contributed by atoms with Crippen LogP contribution in [-0.2, 0) is 9.59 Å². The molecule has 12 heavy (non-hydrogen) atoms. The molecule has 64 valence electrons. The zero-order valence-corrected chi connectivity index (χ0v) is 6.95. The standard InChI is InChI=1S/C10H12O2/c11-7-3-1-5-9(7)6-2-4-8(12)10(5)6/h5-6,9-10H,1-4H2. The molecule has 2 nitrogen and oxygen atoms in total. The van der Waals surface area contributed by atoms with Crippen molar-refractivity contribution < 1.29 is 9.59 Å². The highest BCUT2D eigenvalue weighted by Crippen LogP contribution is 2.59. The van der Waals surface area contributed by atoms with Crippen molar-refractivity contribution in [3.8, 4) is 0 Å². The molecule has 0 bridgehead atoms. The quantitative estimate of drug-likeness (QED) is 0.539. The lowest BCUT2D eigenvalue weighted by Gasteiger charge is -2.42. The first-order valence-electron chi connectivity index (χ1n) is 4.84. The molecule has 3 aliphatic rings. The van der Waals surface area contributed by atoms with Gasteiger partial charge in [-0.25, -0.2) is 0 Å². The van der Waals surface area contributed by atoms with Crippen LogP contribution in [0.4, 0.5) is 0 Å². The Bertz CT molecular complexity index is 233.